The summed E-state index contributed by atoms with van der Waals surface area (Å²) >= 11 is 0. The number of amides is 4. The number of nitrogens with two attached hydrogens (primary N) is 2. The van der Waals surface area contributed by atoms with Crippen molar-refractivity contribution >= 4 is 35.5 Å². The van der Waals surface area contributed by atoms with Crippen LogP contribution in [0.3, 0.4) is 0 Å². The zero-order chi connectivity index (χ0) is 22.3. The first kappa shape index (κ1) is 19.7. The van der Waals surface area contributed by atoms with Crippen LogP contribution >= 0.6 is 0 Å². The second-order valence-corrected chi connectivity index (χ2v) is 8.31. The van der Waals surface area contributed by atoms with Crippen LogP contribution in [-0.2, 0) is 19.2 Å². The van der Waals surface area contributed by atoms with Crippen molar-refractivity contribution in [3.8, 4) is 0 Å². The molecule has 5 rings (SSSR count). The largest absolute Gasteiger partial charge is 0.370 e. The lowest BCUT2D eigenvalue weighted by molar-refractivity contribution is -0.243. The molecule has 3 saturated heterocycles. The smallest absolute Gasteiger partial charge is 0.232 e. The van der Waals surface area contributed by atoms with E-state index in [4.69, 9.17) is 11.5 Å². The zero-order valence-corrected chi connectivity index (χ0v) is 16.4. The number of nitrogens with zero attached hydrogens (tertiary/aromatic N) is 5. The Kier molecular flexibility index (Phi) is 3.90. The summed E-state index contributed by atoms with van der Waals surface area (Å²) in [5.74, 6) is -4.74. The van der Waals surface area contributed by atoms with Crippen molar-refractivity contribution in [1.82, 2.24) is 20.0 Å². The average molecular weight is 434 g/mol. The highest BCUT2D eigenvalue weighted by atomic mass is 16.5. The fourth-order valence-electron chi connectivity index (χ4n) is 5.28. The fraction of sp³-hybridized carbons (Fsp3) is 0.647. The molecule has 5 aliphatic heterocycles. The quantitative estimate of drug-likeness (QED) is 0.212. The molecule has 166 valence electrons. The van der Waals surface area contributed by atoms with Crippen LogP contribution in [0, 0.1) is 0 Å². The summed E-state index contributed by atoms with van der Waals surface area (Å²) in [6.45, 7) is -0.375. The maximum Gasteiger partial charge on any atom is 0.232 e. The van der Waals surface area contributed by atoms with E-state index in [1.807, 2.05) is 0 Å². The van der Waals surface area contributed by atoms with Crippen LogP contribution in [0.4, 0.5) is 0 Å². The van der Waals surface area contributed by atoms with Crippen LogP contribution in [0.5, 0.6) is 0 Å². The monoisotopic (exact) mass is 434 g/mol. The number of imide groups is 2. The van der Waals surface area contributed by atoms with Gasteiger partial charge in [-0.2, -0.15) is 0 Å². The van der Waals surface area contributed by atoms with Gasteiger partial charge in [0.1, 0.15) is 12.1 Å². The highest BCUT2D eigenvalue weighted by Crippen LogP contribution is 2.47. The highest BCUT2D eigenvalue weighted by Gasteiger charge is 2.75. The van der Waals surface area contributed by atoms with Crippen molar-refractivity contribution in [1.29, 1.82) is 0 Å². The molecule has 0 aromatic rings. The molecule has 5 aliphatic rings. The Balaban J connectivity index is 1.56. The Morgan fingerprint density at radius 3 is 2.16 bits per heavy atom. The summed E-state index contributed by atoms with van der Waals surface area (Å²) in [4.78, 5) is 60.7. The van der Waals surface area contributed by atoms with Gasteiger partial charge in [-0.15, -0.1) is 0 Å². The lowest BCUT2D eigenvalue weighted by atomic mass is 9.84. The number of hydrogen-bond acceptors (Lipinski definition) is 12. The zero-order valence-electron chi connectivity index (χ0n) is 16.4. The molecule has 14 nitrogen and oxygen atoms in total. The van der Waals surface area contributed by atoms with Crippen molar-refractivity contribution in [3.05, 3.63) is 0 Å². The molecule has 1 spiro atoms. The van der Waals surface area contributed by atoms with Crippen LogP contribution in [0.1, 0.15) is 25.7 Å². The number of hydrogen-bond donors (Lipinski definition) is 5. The number of aliphatic imine (C=N–C) groups is 2. The Morgan fingerprint density at radius 1 is 0.968 bits per heavy atom. The van der Waals surface area contributed by atoms with Gasteiger partial charge in [0.2, 0.25) is 29.4 Å². The first-order valence-electron chi connectivity index (χ1n) is 9.93. The number of rotatable bonds is 3. The second kappa shape index (κ2) is 6.13. The molecule has 1 unspecified atom stereocenters. The summed E-state index contributed by atoms with van der Waals surface area (Å²) in [6.07, 6.45) is 0.113. The van der Waals surface area contributed by atoms with Crippen LogP contribution in [-0.4, -0.2) is 103 Å². The first-order valence-corrected chi connectivity index (χ1v) is 9.93. The Bertz CT molecular complexity index is 946. The minimum atomic E-state index is -2.71. The first-order chi connectivity index (χ1) is 14.6. The van der Waals surface area contributed by atoms with Gasteiger partial charge in [0.05, 0.1) is 12.6 Å². The topological polar surface area (TPSA) is 207 Å². The van der Waals surface area contributed by atoms with E-state index in [2.05, 4.69) is 15.3 Å². The highest BCUT2D eigenvalue weighted by molar-refractivity contribution is 6.03. The lowest BCUT2D eigenvalue weighted by Gasteiger charge is -2.49. The van der Waals surface area contributed by atoms with Crippen LogP contribution in [0.2, 0.25) is 0 Å². The van der Waals surface area contributed by atoms with Gasteiger partial charge in [0.15, 0.2) is 17.6 Å². The normalized spacial score (nSPS) is 36.6. The fourth-order valence-corrected chi connectivity index (χ4v) is 5.28. The van der Waals surface area contributed by atoms with Crippen LogP contribution in [0.15, 0.2) is 9.98 Å². The van der Waals surface area contributed by atoms with E-state index in [0.29, 0.717) is 0 Å². The molecule has 0 radical (unpaired) electrons. The molecule has 0 saturated carbocycles. The van der Waals surface area contributed by atoms with E-state index < -0.39 is 41.4 Å². The number of carbonyl (C=O) groups excluding carboxylic acids is 4. The van der Waals surface area contributed by atoms with E-state index in [9.17, 15) is 29.4 Å². The maximum atomic E-state index is 12.3. The number of likely N-dealkylation sites (tertiary alicyclic amines) is 2. The number of aliphatic hydroxyl groups is 2. The standard InChI is InChI=1S/C17H22N8O6/c18-14-21-13-7(5-23-9(26)1-2-10(23)27)20-15(19)24-6-8(17(30,31)16(13,24)22-14)25-11(28)3-4-12(25)29/h7-8,13,30-31H,1-6H2,(H2,19,20)(H3,18,21,22)/t7-,8-,13?,16+/m0/s1. The van der Waals surface area contributed by atoms with Gasteiger partial charge in [0, 0.05) is 32.2 Å². The average Bonchev–Trinajstić information content (AvgIpc) is 3.38. The summed E-state index contributed by atoms with van der Waals surface area (Å²) in [7, 11) is 0. The van der Waals surface area contributed by atoms with Gasteiger partial charge < -0.3 is 31.9 Å². The van der Waals surface area contributed by atoms with E-state index in [-0.39, 0.29) is 62.5 Å². The van der Waals surface area contributed by atoms with Crippen molar-refractivity contribution in [2.45, 2.75) is 55.3 Å². The Morgan fingerprint density at radius 2 is 1.55 bits per heavy atom. The minimum absolute atomic E-state index is 0.0285. The number of nitrogens with one attached hydrogen (secondary N) is 1. The van der Waals surface area contributed by atoms with Crippen LogP contribution in [0.25, 0.3) is 0 Å². The Hall–Kier alpha value is -3.26. The SMILES string of the molecule is NC1=NC2[C@H](CN3C(=O)CCC3=O)N=C(N)N3C[C@H](N4C(=O)CCC4=O)C(O)(O)[C@@]23N1. The van der Waals surface area contributed by atoms with Gasteiger partial charge in [0.25, 0.3) is 0 Å². The Labute approximate surface area is 175 Å². The van der Waals surface area contributed by atoms with E-state index in [0.717, 1.165) is 9.80 Å². The molecule has 4 amide bonds. The summed E-state index contributed by atoms with van der Waals surface area (Å²) in [5, 5.41) is 25.5. The van der Waals surface area contributed by atoms with Crippen LogP contribution < -0.4 is 16.8 Å². The molecule has 7 N–H and O–H groups in total. The predicted molar refractivity (Wildman–Crippen MR) is 101 cm³/mol. The third-order valence-corrected chi connectivity index (χ3v) is 6.70. The van der Waals surface area contributed by atoms with Gasteiger partial charge in [-0.3, -0.25) is 29.0 Å². The third kappa shape index (κ3) is 2.39. The molecule has 0 aromatic carbocycles. The maximum absolute atomic E-state index is 12.3. The molecule has 0 aliphatic carbocycles. The van der Waals surface area contributed by atoms with E-state index in [1.165, 1.54) is 4.90 Å². The van der Waals surface area contributed by atoms with E-state index >= 15 is 0 Å². The van der Waals surface area contributed by atoms with Gasteiger partial charge in [-0.25, -0.2) is 9.98 Å². The molecule has 31 heavy (non-hydrogen) atoms. The molecular formula is C17H22N8O6. The summed E-state index contributed by atoms with van der Waals surface area (Å²) < 4.78 is 0. The van der Waals surface area contributed by atoms with E-state index in [1.54, 1.807) is 0 Å². The molecule has 3 fully saturated rings. The van der Waals surface area contributed by atoms with Crippen molar-refractivity contribution < 1.29 is 29.4 Å². The van der Waals surface area contributed by atoms with Gasteiger partial charge in [-0.1, -0.05) is 0 Å². The van der Waals surface area contributed by atoms with Crippen molar-refractivity contribution in [3.63, 3.8) is 0 Å². The second-order valence-electron chi connectivity index (χ2n) is 8.31. The molecule has 4 atom stereocenters. The molecule has 0 bridgehead atoms. The number of guanidine groups is 2. The summed E-state index contributed by atoms with van der Waals surface area (Å²) in [6, 6.07) is -3.33. The molecule has 14 heteroatoms. The molecular weight excluding hydrogens is 412 g/mol. The van der Waals surface area contributed by atoms with Gasteiger partial charge in [-0.05, 0) is 0 Å². The van der Waals surface area contributed by atoms with Crippen molar-refractivity contribution in [2.75, 3.05) is 13.1 Å². The summed E-state index contributed by atoms with van der Waals surface area (Å²) in [5.41, 5.74) is 10.2. The molecule has 0 aromatic heterocycles. The predicted octanol–water partition coefficient (Wildman–Crippen LogP) is -4.67. The third-order valence-electron chi connectivity index (χ3n) is 6.70. The van der Waals surface area contributed by atoms with Crippen molar-refractivity contribution in [2.24, 2.45) is 21.5 Å². The molecule has 5 heterocycles. The minimum Gasteiger partial charge on any atom is -0.370 e. The number of carbonyl (C=O) groups is 4. The lowest BCUT2D eigenvalue weighted by Crippen LogP contribution is -2.78. The van der Waals surface area contributed by atoms with Gasteiger partial charge >= 0.3 is 0 Å².